The second-order valence-corrected chi connectivity index (χ2v) is 5.77. The van der Waals surface area contributed by atoms with E-state index in [1.165, 1.54) is 12.1 Å². The molecule has 2 aromatic rings. The average Bonchev–Trinajstić information content (AvgIpc) is 2.83. The van der Waals surface area contributed by atoms with E-state index in [0.717, 1.165) is 37.0 Å². The molecule has 5 nitrogen and oxygen atoms in total. The van der Waals surface area contributed by atoms with Gasteiger partial charge in [-0.1, -0.05) is 12.8 Å². The van der Waals surface area contributed by atoms with Crippen molar-refractivity contribution in [1.29, 1.82) is 0 Å². The van der Waals surface area contributed by atoms with Crippen LogP contribution in [0.5, 0.6) is 0 Å². The van der Waals surface area contributed by atoms with Crippen LogP contribution >= 0.6 is 24.8 Å². The van der Waals surface area contributed by atoms with Gasteiger partial charge in [-0.3, -0.25) is 4.79 Å². The van der Waals surface area contributed by atoms with Crippen molar-refractivity contribution in [3.8, 4) is 0 Å². The second kappa shape index (κ2) is 12.1. The number of benzene rings is 1. The molecular formula is C17H27Cl2FN4O. The maximum Gasteiger partial charge on any atom is 0.220 e. The van der Waals surface area contributed by atoms with E-state index in [1.54, 1.807) is 6.07 Å². The Labute approximate surface area is 160 Å². The number of aromatic nitrogens is 2. The minimum Gasteiger partial charge on any atom is -0.356 e. The number of amides is 1. The van der Waals surface area contributed by atoms with Crippen LogP contribution in [0.3, 0.4) is 0 Å². The van der Waals surface area contributed by atoms with Gasteiger partial charge in [0, 0.05) is 32.5 Å². The normalized spacial score (nSPS) is 10.2. The molecule has 0 fully saturated rings. The molecule has 1 heterocycles. The van der Waals surface area contributed by atoms with Crippen molar-refractivity contribution in [2.24, 2.45) is 12.8 Å². The maximum atomic E-state index is 13.2. The molecule has 0 aliphatic carbocycles. The fourth-order valence-corrected chi connectivity index (χ4v) is 2.63. The molecule has 1 amide bonds. The number of nitrogens with one attached hydrogen (secondary N) is 1. The monoisotopic (exact) mass is 392 g/mol. The van der Waals surface area contributed by atoms with E-state index in [-0.39, 0.29) is 36.5 Å². The standard InChI is InChI=1S/C17H25FN4O.2ClH/c1-22-15-8-7-13(18)12-14(15)21-16(22)9-11-20-17(23)6-4-2-3-5-10-19;;/h7-8,12H,2-6,9-11,19H2,1H3,(H,20,23);2*1H. The molecule has 1 aromatic heterocycles. The smallest absolute Gasteiger partial charge is 0.220 e. The number of carbonyl (C=O) groups is 1. The van der Waals surface area contributed by atoms with E-state index in [1.807, 2.05) is 11.6 Å². The van der Waals surface area contributed by atoms with Crippen molar-refractivity contribution in [2.75, 3.05) is 13.1 Å². The Bertz CT molecular complexity index is 663. The van der Waals surface area contributed by atoms with Crippen LogP contribution in [0.25, 0.3) is 11.0 Å². The molecule has 25 heavy (non-hydrogen) atoms. The minimum atomic E-state index is -0.287. The first-order chi connectivity index (χ1) is 11.1. The summed E-state index contributed by atoms with van der Waals surface area (Å²) in [6.07, 6.45) is 5.23. The van der Waals surface area contributed by atoms with Gasteiger partial charge in [0.1, 0.15) is 11.6 Å². The van der Waals surface area contributed by atoms with E-state index in [9.17, 15) is 9.18 Å². The summed E-state index contributed by atoms with van der Waals surface area (Å²) in [5.41, 5.74) is 6.97. The molecule has 3 N–H and O–H groups in total. The van der Waals surface area contributed by atoms with Gasteiger partial charge in [0.05, 0.1) is 11.0 Å². The van der Waals surface area contributed by atoms with Crippen molar-refractivity contribution >= 4 is 41.8 Å². The summed E-state index contributed by atoms with van der Waals surface area (Å²) in [5.74, 6) is 0.626. The van der Waals surface area contributed by atoms with E-state index in [2.05, 4.69) is 10.3 Å². The molecule has 1 aromatic carbocycles. The van der Waals surface area contributed by atoms with Crippen LogP contribution in [-0.2, 0) is 18.3 Å². The number of carbonyl (C=O) groups excluding carboxylic acids is 1. The van der Waals surface area contributed by atoms with Crippen LogP contribution < -0.4 is 11.1 Å². The highest BCUT2D eigenvalue weighted by Crippen LogP contribution is 2.16. The van der Waals surface area contributed by atoms with E-state index in [0.29, 0.717) is 31.4 Å². The lowest BCUT2D eigenvalue weighted by Gasteiger charge is -2.05. The highest BCUT2D eigenvalue weighted by Gasteiger charge is 2.09. The predicted molar refractivity (Wildman–Crippen MR) is 104 cm³/mol. The maximum absolute atomic E-state index is 13.2. The summed E-state index contributed by atoms with van der Waals surface area (Å²) in [6.45, 7) is 1.26. The third-order valence-corrected chi connectivity index (χ3v) is 3.96. The number of fused-ring (bicyclic) bond motifs is 1. The first-order valence-corrected chi connectivity index (χ1v) is 8.19. The number of nitrogens with two attached hydrogens (primary N) is 1. The average molecular weight is 393 g/mol. The molecule has 0 saturated carbocycles. The van der Waals surface area contributed by atoms with Gasteiger partial charge in [-0.2, -0.15) is 0 Å². The van der Waals surface area contributed by atoms with Crippen LogP contribution in [0.1, 0.15) is 37.9 Å². The Kier molecular flexibility index (Phi) is 11.4. The molecule has 0 unspecified atom stereocenters. The third-order valence-electron chi connectivity index (χ3n) is 3.96. The second-order valence-electron chi connectivity index (χ2n) is 5.77. The summed E-state index contributed by atoms with van der Waals surface area (Å²) >= 11 is 0. The van der Waals surface area contributed by atoms with Crippen molar-refractivity contribution in [2.45, 2.75) is 38.5 Å². The Morgan fingerprint density at radius 2 is 1.96 bits per heavy atom. The van der Waals surface area contributed by atoms with Crippen molar-refractivity contribution in [3.05, 3.63) is 29.8 Å². The van der Waals surface area contributed by atoms with Crippen molar-refractivity contribution < 1.29 is 9.18 Å². The van der Waals surface area contributed by atoms with Crippen LogP contribution in [-0.4, -0.2) is 28.5 Å². The molecule has 0 atom stereocenters. The molecule has 8 heteroatoms. The van der Waals surface area contributed by atoms with Gasteiger partial charge in [0.15, 0.2) is 0 Å². The molecule has 0 aliphatic rings. The van der Waals surface area contributed by atoms with Crippen LogP contribution in [0.4, 0.5) is 4.39 Å². The van der Waals surface area contributed by atoms with Gasteiger partial charge in [-0.05, 0) is 31.5 Å². The van der Waals surface area contributed by atoms with E-state index >= 15 is 0 Å². The Morgan fingerprint density at radius 3 is 2.68 bits per heavy atom. The lowest BCUT2D eigenvalue weighted by Crippen LogP contribution is -2.26. The van der Waals surface area contributed by atoms with Crippen molar-refractivity contribution in [1.82, 2.24) is 14.9 Å². The first-order valence-electron chi connectivity index (χ1n) is 8.19. The van der Waals surface area contributed by atoms with Gasteiger partial charge < -0.3 is 15.6 Å². The summed E-state index contributed by atoms with van der Waals surface area (Å²) in [7, 11) is 1.90. The molecule has 0 saturated heterocycles. The molecule has 0 spiro atoms. The summed E-state index contributed by atoms with van der Waals surface area (Å²) in [6, 6.07) is 4.58. The lowest BCUT2D eigenvalue weighted by molar-refractivity contribution is -0.121. The number of unbranched alkanes of at least 4 members (excludes halogenated alkanes) is 3. The Hall–Kier alpha value is -1.37. The van der Waals surface area contributed by atoms with Gasteiger partial charge in [0.25, 0.3) is 0 Å². The van der Waals surface area contributed by atoms with Gasteiger partial charge in [-0.25, -0.2) is 9.37 Å². The summed E-state index contributed by atoms with van der Waals surface area (Å²) in [4.78, 5) is 16.2. The fraction of sp³-hybridized carbons (Fsp3) is 0.529. The number of hydrogen-bond acceptors (Lipinski definition) is 3. The van der Waals surface area contributed by atoms with Crippen LogP contribution in [0.2, 0.25) is 0 Å². The van der Waals surface area contributed by atoms with Gasteiger partial charge in [-0.15, -0.1) is 24.8 Å². The fourth-order valence-electron chi connectivity index (χ4n) is 2.63. The summed E-state index contributed by atoms with van der Waals surface area (Å²) in [5, 5.41) is 2.91. The van der Waals surface area contributed by atoms with E-state index in [4.69, 9.17) is 5.73 Å². The Morgan fingerprint density at radius 1 is 1.24 bits per heavy atom. The van der Waals surface area contributed by atoms with E-state index < -0.39 is 0 Å². The quantitative estimate of drug-likeness (QED) is 0.643. The molecular weight excluding hydrogens is 366 g/mol. The van der Waals surface area contributed by atoms with Crippen LogP contribution in [0, 0.1) is 5.82 Å². The lowest BCUT2D eigenvalue weighted by atomic mass is 10.1. The number of hydrogen-bond donors (Lipinski definition) is 2. The third kappa shape index (κ3) is 7.18. The number of halogens is 3. The molecule has 142 valence electrons. The zero-order chi connectivity index (χ0) is 16.7. The minimum absolute atomic E-state index is 0. The largest absolute Gasteiger partial charge is 0.356 e. The number of nitrogens with zero attached hydrogens (tertiary/aromatic N) is 2. The van der Waals surface area contributed by atoms with Crippen molar-refractivity contribution in [3.63, 3.8) is 0 Å². The number of rotatable bonds is 9. The number of aryl methyl sites for hydroxylation is 1. The molecule has 2 rings (SSSR count). The first kappa shape index (κ1) is 23.6. The molecule has 0 aliphatic heterocycles. The predicted octanol–water partition coefficient (Wildman–Crippen LogP) is 3.12. The number of imidazole rings is 1. The van der Waals surface area contributed by atoms with Gasteiger partial charge in [0.2, 0.25) is 5.91 Å². The molecule has 0 radical (unpaired) electrons. The highest BCUT2D eigenvalue weighted by atomic mass is 35.5. The van der Waals surface area contributed by atoms with Gasteiger partial charge >= 0.3 is 0 Å². The zero-order valence-corrected chi connectivity index (χ0v) is 16.1. The highest BCUT2D eigenvalue weighted by molar-refractivity contribution is 5.85. The zero-order valence-electron chi connectivity index (χ0n) is 14.5. The molecule has 0 bridgehead atoms. The topological polar surface area (TPSA) is 72.9 Å². The Balaban J connectivity index is 0.00000288. The summed E-state index contributed by atoms with van der Waals surface area (Å²) < 4.78 is 15.2. The SMILES string of the molecule is Cl.Cl.Cn1c(CCNC(=O)CCCCCCN)nc2cc(F)ccc21. The van der Waals surface area contributed by atoms with Crippen LogP contribution in [0.15, 0.2) is 18.2 Å².